The predicted molar refractivity (Wildman–Crippen MR) is 109 cm³/mol. The van der Waals surface area contributed by atoms with Crippen molar-refractivity contribution in [2.45, 2.75) is 33.2 Å². The molecular formula is C22H25NO6. The van der Waals surface area contributed by atoms with Crippen molar-refractivity contribution < 1.29 is 23.4 Å². The van der Waals surface area contributed by atoms with Crippen LogP contribution < -0.4 is 15.2 Å². The minimum Gasteiger partial charge on any atom is -0.490 e. The van der Waals surface area contributed by atoms with Crippen molar-refractivity contribution in [1.29, 1.82) is 0 Å². The summed E-state index contributed by atoms with van der Waals surface area (Å²) < 4.78 is 23.3. The number of para-hydroxylation sites is 2. The second kappa shape index (κ2) is 9.82. The molecule has 7 nitrogen and oxygen atoms in total. The van der Waals surface area contributed by atoms with E-state index in [0.29, 0.717) is 48.8 Å². The number of benzene rings is 2. The number of oxazole rings is 1. The van der Waals surface area contributed by atoms with Gasteiger partial charge in [0.1, 0.15) is 0 Å². The molecule has 1 heterocycles. The minimum atomic E-state index is -0.447. The molecule has 0 aliphatic heterocycles. The molecule has 154 valence electrons. The Balaban J connectivity index is 1.58. The van der Waals surface area contributed by atoms with Crippen LogP contribution in [0, 0.1) is 0 Å². The lowest BCUT2D eigenvalue weighted by Crippen LogP contribution is -2.16. The zero-order valence-corrected chi connectivity index (χ0v) is 16.7. The van der Waals surface area contributed by atoms with Crippen LogP contribution in [0.25, 0.3) is 11.1 Å². The normalized spacial score (nSPS) is 10.8. The Hall–Kier alpha value is -3.22. The topological polar surface area (TPSA) is 79.9 Å². The number of ether oxygens (including phenoxy) is 3. The lowest BCUT2D eigenvalue weighted by atomic mass is 10.2. The fourth-order valence-electron chi connectivity index (χ4n) is 2.93. The third-order valence-electron chi connectivity index (χ3n) is 4.27. The number of hydrogen-bond acceptors (Lipinski definition) is 6. The summed E-state index contributed by atoms with van der Waals surface area (Å²) in [5, 5.41) is 0. The Labute approximate surface area is 168 Å². The molecule has 0 bridgehead atoms. The van der Waals surface area contributed by atoms with E-state index in [1.165, 1.54) is 4.57 Å². The van der Waals surface area contributed by atoms with Gasteiger partial charge in [-0.05, 0) is 50.1 Å². The molecule has 2 aromatic carbocycles. The number of nitrogens with zero attached hydrogens (tertiary/aromatic N) is 1. The van der Waals surface area contributed by atoms with Crippen LogP contribution in [-0.2, 0) is 11.3 Å². The number of fused-ring (bicyclic) bond motifs is 1. The third kappa shape index (κ3) is 4.99. The van der Waals surface area contributed by atoms with Gasteiger partial charge in [0.05, 0.1) is 30.9 Å². The first-order valence-corrected chi connectivity index (χ1v) is 9.79. The summed E-state index contributed by atoms with van der Waals surface area (Å²) in [5.74, 6) is 0.266. The monoisotopic (exact) mass is 399 g/mol. The van der Waals surface area contributed by atoms with Crippen LogP contribution in [0.15, 0.2) is 51.7 Å². The van der Waals surface area contributed by atoms with Gasteiger partial charge < -0.3 is 18.6 Å². The summed E-state index contributed by atoms with van der Waals surface area (Å²) in [6.07, 6.45) is 1.37. The van der Waals surface area contributed by atoms with Crippen LogP contribution in [0.4, 0.5) is 0 Å². The zero-order valence-electron chi connectivity index (χ0n) is 16.7. The van der Waals surface area contributed by atoms with Crippen LogP contribution in [-0.4, -0.2) is 30.4 Å². The molecule has 0 unspecified atom stereocenters. The van der Waals surface area contributed by atoms with Crippen LogP contribution >= 0.6 is 0 Å². The van der Waals surface area contributed by atoms with Gasteiger partial charge in [-0.1, -0.05) is 19.1 Å². The molecule has 3 rings (SSSR count). The highest BCUT2D eigenvalue weighted by atomic mass is 16.5. The molecule has 0 atom stereocenters. The molecule has 0 N–H and O–H groups in total. The van der Waals surface area contributed by atoms with Gasteiger partial charge in [-0.2, -0.15) is 0 Å². The summed E-state index contributed by atoms with van der Waals surface area (Å²) in [6.45, 7) is 5.52. The van der Waals surface area contributed by atoms with E-state index in [2.05, 4.69) is 0 Å². The first-order chi connectivity index (χ1) is 14.1. The van der Waals surface area contributed by atoms with Gasteiger partial charge in [-0.15, -0.1) is 0 Å². The van der Waals surface area contributed by atoms with Crippen LogP contribution in [0.3, 0.4) is 0 Å². The molecule has 0 saturated carbocycles. The second-order valence-electron chi connectivity index (χ2n) is 6.42. The van der Waals surface area contributed by atoms with Gasteiger partial charge in [-0.3, -0.25) is 4.57 Å². The first kappa shape index (κ1) is 20.5. The van der Waals surface area contributed by atoms with Gasteiger partial charge in [0.25, 0.3) is 0 Å². The highest BCUT2D eigenvalue weighted by Crippen LogP contribution is 2.29. The van der Waals surface area contributed by atoms with Crippen molar-refractivity contribution in [1.82, 2.24) is 4.57 Å². The van der Waals surface area contributed by atoms with E-state index < -0.39 is 11.7 Å². The Kier molecular flexibility index (Phi) is 6.94. The van der Waals surface area contributed by atoms with Gasteiger partial charge in [0.15, 0.2) is 17.1 Å². The predicted octanol–water partition coefficient (Wildman–Crippen LogP) is 4.03. The Bertz CT molecular complexity index is 1020. The Morgan fingerprint density at radius 2 is 1.86 bits per heavy atom. The minimum absolute atomic E-state index is 0.183. The number of aromatic nitrogens is 1. The maximum Gasteiger partial charge on any atom is 0.419 e. The molecule has 0 fully saturated rings. The molecule has 3 aromatic rings. The number of esters is 1. The van der Waals surface area contributed by atoms with Crippen LogP contribution in [0.1, 0.15) is 37.0 Å². The van der Waals surface area contributed by atoms with Crippen molar-refractivity contribution in [2.75, 3.05) is 19.8 Å². The van der Waals surface area contributed by atoms with Crippen LogP contribution in [0.2, 0.25) is 0 Å². The molecule has 0 aliphatic rings. The van der Waals surface area contributed by atoms with Gasteiger partial charge >= 0.3 is 11.7 Å². The molecule has 0 radical (unpaired) electrons. The maximum absolute atomic E-state index is 12.4. The summed E-state index contributed by atoms with van der Waals surface area (Å²) in [7, 11) is 0. The van der Waals surface area contributed by atoms with Crippen molar-refractivity contribution in [3.63, 3.8) is 0 Å². The SMILES string of the molecule is CCCOc1ccc(C(=O)OCCCn2c(=O)oc3ccccc32)cc1OCC. The first-order valence-electron chi connectivity index (χ1n) is 9.79. The smallest absolute Gasteiger partial charge is 0.419 e. The van der Waals surface area contributed by atoms with E-state index in [1.807, 2.05) is 32.0 Å². The quantitative estimate of drug-likeness (QED) is 0.378. The van der Waals surface area contributed by atoms with Gasteiger partial charge in [0.2, 0.25) is 0 Å². The fourth-order valence-corrected chi connectivity index (χ4v) is 2.93. The summed E-state index contributed by atoms with van der Waals surface area (Å²) >= 11 is 0. The average Bonchev–Trinajstić information content (AvgIpc) is 3.05. The molecular weight excluding hydrogens is 374 g/mol. The summed E-state index contributed by atoms with van der Waals surface area (Å²) in [4.78, 5) is 24.3. The number of rotatable bonds is 10. The molecule has 0 amide bonds. The number of hydrogen-bond donors (Lipinski definition) is 0. The molecule has 29 heavy (non-hydrogen) atoms. The van der Waals surface area contributed by atoms with Gasteiger partial charge in [0, 0.05) is 6.54 Å². The lowest BCUT2D eigenvalue weighted by Gasteiger charge is -2.13. The Morgan fingerprint density at radius 3 is 2.66 bits per heavy atom. The van der Waals surface area contributed by atoms with E-state index in [0.717, 1.165) is 11.9 Å². The number of aryl methyl sites for hydroxylation is 1. The molecule has 0 aliphatic carbocycles. The third-order valence-corrected chi connectivity index (χ3v) is 4.27. The second-order valence-corrected chi connectivity index (χ2v) is 6.42. The fraction of sp³-hybridized carbons (Fsp3) is 0.364. The van der Waals surface area contributed by atoms with E-state index in [1.54, 1.807) is 24.3 Å². The van der Waals surface area contributed by atoms with Crippen molar-refractivity contribution >= 4 is 17.1 Å². The summed E-state index contributed by atoms with van der Waals surface area (Å²) in [6, 6.07) is 12.2. The lowest BCUT2D eigenvalue weighted by molar-refractivity contribution is 0.0495. The Morgan fingerprint density at radius 1 is 1.03 bits per heavy atom. The maximum atomic E-state index is 12.4. The van der Waals surface area contributed by atoms with E-state index in [-0.39, 0.29) is 6.61 Å². The van der Waals surface area contributed by atoms with E-state index in [4.69, 9.17) is 18.6 Å². The molecule has 0 spiro atoms. The van der Waals surface area contributed by atoms with Gasteiger partial charge in [-0.25, -0.2) is 9.59 Å². The number of carbonyl (C=O) groups is 1. The molecule has 7 heteroatoms. The van der Waals surface area contributed by atoms with Crippen molar-refractivity contribution in [2.24, 2.45) is 0 Å². The largest absolute Gasteiger partial charge is 0.490 e. The standard InChI is InChI=1S/C22H25NO6/c1-3-13-27-19-11-10-16(15-20(19)26-4-2)21(24)28-14-7-12-23-17-8-5-6-9-18(17)29-22(23)25/h5-6,8-11,15H,3-4,7,12-14H2,1-2H3. The van der Waals surface area contributed by atoms with Crippen molar-refractivity contribution in [3.8, 4) is 11.5 Å². The average molecular weight is 399 g/mol. The van der Waals surface area contributed by atoms with Crippen molar-refractivity contribution in [3.05, 3.63) is 58.6 Å². The van der Waals surface area contributed by atoms with E-state index >= 15 is 0 Å². The van der Waals surface area contributed by atoms with Crippen LogP contribution in [0.5, 0.6) is 11.5 Å². The highest BCUT2D eigenvalue weighted by Gasteiger charge is 2.13. The molecule has 1 aromatic heterocycles. The van der Waals surface area contributed by atoms with E-state index in [9.17, 15) is 9.59 Å². The summed E-state index contributed by atoms with van der Waals surface area (Å²) in [5.41, 5.74) is 1.67. The number of carbonyl (C=O) groups excluding carboxylic acids is 1. The zero-order chi connectivity index (χ0) is 20.6. The molecule has 0 saturated heterocycles. The highest BCUT2D eigenvalue weighted by molar-refractivity contribution is 5.90.